The molecule has 1 N–H and O–H groups in total. The molecule has 5 nitrogen and oxygen atoms in total. The van der Waals surface area contributed by atoms with Crippen molar-refractivity contribution in [2.45, 2.75) is 52.1 Å². The highest BCUT2D eigenvalue weighted by atomic mass is 15.4. The second-order valence-corrected chi connectivity index (χ2v) is 6.01. The Hall–Kier alpha value is -1.62. The zero-order chi connectivity index (χ0) is 14.3. The van der Waals surface area contributed by atoms with E-state index >= 15 is 0 Å². The van der Waals surface area contributed by atoms with Crippen LogP contribution in [0.4, 0.5) is 0 Å². The fourth-order valence-electron chi connectivity index (χ4n) is 2.54. The molecule has 0 aliphatic heterocycles. The highest BCUT2D eigenvalue weighted by molar-refractivity contribution is 5.38. The summed E-state index contributed by atoms with van der Waals surface area (Å²) in [4.78, 5) is 0. The van der Waals surface area contributed by atoms with Gasteiger partial charge < -0.3 is 5.32 Å². The Balaban J connectivity index is 1.93. The summed E-state index contributed by atoms with van der Waals surface area (Å²) in [7, 11) is 1.99. The summed E-state index contributed by atoms with van der Waals surface area (Å²) >= 11 is 0. The topological polar surface area (TPSA) is 47.7 Å². The van der Waals surface area contributed by atoms with Gasteiger partial charge >= 0.3 is 0 Å². The van der Waals surface area contributed by atoms with E-state index in [9.17, 15) is 0 Å². The molecule has 1 fully saturated rings. The van der Waals surface area contributed by atoms with Crippen molar-refractivity contribution in [3.05, 3.63) is 29.2 Å². The van der Waals surface area contributed by atoms with Gasteiger partial charge in [-0.1, -0.05) is 13.8 Å². The first kappa shape index (κ1) is 13.4. The lowest BCUT2D eigenvalue weighted by atomic mass is 10.2. The first-order valence-corrected chi connectivity index (χ1v) is 7.38. The Bertz CT molecular complexity index is 604. The van der Waals surface area contributed by atoms with Crippen molar-refractivity contribution in [3.63, 3.8) is 0 Å². The van der Waals surface area contributed by atoms with Gasteiger partial charge in [-0.3, -0.25) is 4.68 Å². The Labute approximate surface area is 120 Å². The van der Waals surface area contributed by atoms with Crippen molar-refractivity contribution < 1.29 is 0 Å². The summed E-state index contributed by atoms with van der Waals surface area (Å²) in [5.41, 5.74) is 3.51. The number of hydrogen-bond donors (Lipinski definition) is 1. The fourth-order valence-corrected chi connectivity index (χ4v) is 2.54. The number of aryl methyl sites for hydroxylation is 2. The molecule has 0 bridgehead atoms. The van der Waals surface area contributed by atoms with Gasteiger partial charge in [0.2, 0.25) is 0 Å². The molecule has 0 unspecified atom stereocenters. The summed E-state index contributed by atoms with van der Waals surface area (Å²) in [6, 6.07) is 2.60. The third-order valence-electron chi connectivity index (χ3n) is 3.82. The second-order valence-electron chi connectivity index (χ2n) is 6.01. The van der Waals surface area contributed by atoms with Gasteiger partial charge in [-0.2, -0.15) is 10.2 Å². The van der Waals surface area contributed by atoms with Gasteiger partial charge in [-0.25, -0.2) is 4.68 Å². The molecule has 2 heterocycles. The van der Waals surface area contributed by atoms with E-state index < -0.39 is 0 Å². The third-order valence-corrected chi connectivity index (χ3v) is 3.82. The maximum absolute atomic E-state index is 4.73. The van der Waals surface area contributed by atoms with Gasteiger partial charge in [0, 0.05) is 37.3 Å². The predicted octanol–water partition coefficient (Wildman–Crippen LogP) is 2.29. The van der Waals surface area contributed by atoms with E-state index in [1.165, 1.54) is 24.1 Å². The molecule has 0 saturated heterocycles. The summed E-state index contributed by atoms with van der Waals surface area (Å²) in [6.07, 6.45) is 4.62. The monoisotopic (exact) mass is 273 g/mol. The van der Waals surface area contributed by atoms with Crippen molar-refractivity contribution in [1.29, 1.82) is 0 Å². The summed E-state index contributed by atoms with van der Waals surface area (Å²) in [6.45, 7) is 7.20. The fraction of sp³-hybridized carbons (Fsp3) is 0.600. The highest BCUT2D eigenvalue weighted by Crippen LogP contribution is 2.39. The quantitative estimate of drug-likeness (QED) is 0.909. The maximum Gasteiger partial charge on any atom is 0.156 e. The summed E-state index contributed by atoms with van der Waals surface area (Å²) in [5.74, 6) is 1.75. The lowest BCUT2D eigenvalue weighted by Crippen LogP contribution is -2.23. The van der Waals surface area contributed by atoms with Crippen LogP contribution in [0.15, 0.2) is 12.3 Å². The first-order chi connectivity index (χ1) is 9.56. The van der Waals surface area contributed by atoms with E-state index in [0.29, 0.717) is 12.0 Å². The molecule has 1 aliphatic carbocycles. The molecule has 2 aromatic heterocycles. The molecule has 5 heteroatoms. The third kappa shape index (κ3) is 2.50. The predicted molar refractivity (Wildman–Crippen MR) is 79.0 cm³/mol. The van der Waals surface area contributed by atoms with Crippen molar-refractivity contribution in [3.8, 4) is 5.82 Å². The summed E-state index contributed by atoms with van der Waals surface area (Å²) < 4.78 is 3.90. The zero-order valence-electron chi connectivity index (χ0n) is 12.7. The van der Waals surface area contributed by atoms with Gasteiger partial charge in [-0.15, -0.1) is 0 Å². The molecule has 20 heavy (non-hydrogen) atoms. The Morgan fingerprint density at radius 1 is 1.35 bits per heavy atom. The Morgan fingerprint density at radius 3 is 2.75 bits per heavy atom. The van der Waals surface area contributed by atoms with E-state index in [1.54, 1.807) is 0 Å². The van der Waals surface area contributed by atoms with Crippen molar-refractivity contribution in [1.82, 2.24) is 24.9 Å². The van der Waals surface area contributed by atoms with Crippen LogP contribution in [0, 0.1) is 6.92 Å². The molecular formula is C15H23N5. The molecule has 0 aromatic carbocycles. The van der Waals surface area contributed by atoms with Gasteiger partial charge in [0.1, 0.15) is 0 Å². The molecule has 0 amide bonds. The van der Waals surface area contributed by atoms with Crippen LogP contribution in [-0.2, 0) is 13.6 Å². The standard InChI is InChI=1S/C15H23N5/c1-10(2)16-9-13-11(3)17-19(4)15(13)20-8-7-14(18-20)12-5-6-12/h7-8,10,12,16H,5-6,9H2,1-4H3. The number of nitrogens with zero attached hydrogens (tertiary/aromatic N) is 4. The van der Waals surface area contributed by atoms with Crippen LogP contribution in [0.1, 0.15) is 49.6 Å². The van der Waals surface area contributed by atoms with Crippen LogP contribution in [0.2, 0.25) is 0 Å². The maximum atomic E-state index is 4.73. The minimum absolute atomic E-state index is 0.460. The average molecular weight is 273 g/mol. The van der Waals surface area contributed by atoms with E-state index in [2.05, 4.69) is 43.4 Å². The van der Waals surface area contributed by atoms with Crippen LogP contribution in [0.5, 0.6) is 0 Å². The normalized spacial score (nSPS) is 15.2. The minimum Gasteiger partial charge on any atom is -0.310 e. The van der Waals surface area contributed by atoms with E-state index in [4.69, 9.17) is 5.10 Å². The molecular weight excluding hydrogens is 250 g/mol. The van der Waals surface area contributed by atoms with Gasteiger partial charge in [0.15, 0.2) is 5.82 Å². The summed E-state index contributed by atoms with van der Waals surface area (Å²) in [5, 5.41) is 12.8. The number of rotatable bonds is 5. The zero-order valence-corrected chi connectivity index (χ0v) is 12.7. The Kier molecular flexibility index (Phi) is 3.38. The molecule has 108 valence electrons. The lowest BCUT2D eigenvalue weighted by Gasteiger charge is -2.10. The molecule has 1 saturated carbocycles. The Morgan fingerprint density at radius 2 is 2.10 bits per heavy atom. The number of nitrogens with one attached hydrogen (secondary N) is 1. The van der Waals surface area contributed by atoms with E-state index in [1.807, 2.05) is 16.4 Å². The average Bonchev–Trinajstić information content (AvgIpc) is 3.05. The minimum atomic E-state index is 0.460. The van der Waals surface area contributed by atoms with Crippen LogP contribution in [0.3, 0.4) is 0 Å². The van der Waals surface area contributed by atoms with Crippen molar-refractivity contribution in [2.75, 3.05) is 0 Å². The van der Waals surface area contributed by atoms with Crippen LogP contribution in [-0.4, -0.2) is 25.6 Å². The van der Waals surface area contributed by atoms with Gasteiger partial charge in [-0.05, 0) is 25.8 Å². The SMILES string of the molecule is Cc1nn(C)c(-n2ccc(C3CC3)n2)c1CNC(C)C. The first-order valence-electron chi connectivity index (χ1n) is 7.38. The second kappa shape index (κ2) is 5.05. The molecule has 0 radical (unpaired) electrons. The molecule has 1 aliphatic rings. The molecule has 0 atom stereocenters. The van der Waals surface area contributed by atoms with Crippen molar-refractivity contribution in [2.24, 2.45) is 7.05 Å². The number of hydrogen-bond acceptors (Lipinski definition) is 3. The van der Waals surface area contributed by atoms with Crippen LogP contribution < -0.4 is 5.32 Å². The molecule has 0 spiro atoms. The van der Waals surface area contributed by atoms with Gasteiger partial charge in [0.25, 0.3) is 0 Å². The van der Waals surface area contributed by atoms with Gasteiger partial charge in [0.05, 0.1) is 11.4 Å². The van der Waals surface area contributed by atoms with Crippen LogP contribution in [0.25, 0.3) is 5.82 Å². The number of aromatic nitrogens is 4. The van der Waals surface area contributed by atoms with E-state index in [0.717, 1.165) is 18.1 Å². The molecule has 2 aromatic rings. The smallest absolute Gasteiger partial charge is 0.156 e. The van der Waals surface area contributed by atoms with E-state index in [-0.39, 0.29) is 0 Å². The largest absolute Gasteiger partial charge is 0.310 e. The lowest BCUT2D eigenvalue weighted by molar-refractivity contribution is 0.583. The molecule has 3 rings (SSSR count). The van der Waals surface area contributed by atoms with Crippen LogP contribution >= 0.6 is 0 Å². The highest BCUT2D eigenvalue weighted by Gasteiger charge is 2.26. The van der Waals surface area contributed by atoms with Crippen molar-refractivity contribution >= 4 is 0 Å².